The Morgan fingerprint density at radius 3 is 2.33 bits per heavy atom. The maximum Gasteiger partial charge on any atom is 0.302 e. The summed E-state index contributed by atoms with van der Waals surface area (Å²) in [6.07, 6.45) is 1.44. The molecule has 140 valence electrons. The number of likely N-dealkylation sites (N-methyl/N-ethyl adjacent to an activating group) is 1. The Kier molecular flexibility index (Phi) is 12.4. The van der Waals surface area contributed by atoms with Gasteiger partial charge in [-0.3, -0.25) is 14.4 Å². The predicted octanol–water partition coefficient (Wildman–Crippen LogP) is 0.588. The third-order valence-electron chi connectivity index (χ3n) is 3.42. The van der Waals surface area contributed by atoms with Crippen molar-refractivity contribution in [1.29, 1.82) is 0 Å². The number of esters is 1. The average molecular weight is 362 g/mol. The first-order chi connectivity index (χ1) is 11.3. The highest BCUT2D eigenvalue weighted by molar-refractivity contribution is 7.99. The van der Waals surface area contributed by atoms with E-state index in [1.165, 1.54) is 18.7 Å². The third-order valence-corrected chi connectivity index (χ3v) is 4.40. The number of carbonyl (C=O) groups is 3. The zero-order valence-corrected chi connectivity index (χ0v) is 16.3. The van der Waals surface area contributed by atoms with Crippen LogP contribution in [0, 0.1) is 0 Å². The van der Waals surface area contributed by atoms with Crippen molar-refractivity contribution in [1.82, 2.24) is 15.1 Å². The molecule has 0 aromatic heterocycles. The molecule has 0 fully saturated rings. The summed E-state index contributed by atoms with van der Waals surface area (Å²) >= 11 is 1.60. The Morgan fingerprint density at radius 2 is 1.79 bits per heavy atom. The molecule has 0 aromatic rings. The number of ether oxygens (including phenoxy) is 1. The second-order valence-corrected chi connectivity index (χ2v) is 7.06. The van der Waals surface area contributed by atoms with Crippen LogP contribution in [0.4, 0.5) is 0 Å². The zero-order valence-electron chi connectivity index (χ0n) is 15.5. The summed E-state index contributed by atoms with van der Waals surface area (Å²) in [5.74, 6) is 0.858. The Labute approximate surface area is 149 Å². The van der Waals surface area contributed by atoms with Crippen molar-refractivity contribution in [3.63, 3.8) is 0 Å². The van der Waals surface area contributed by atoms with Crippen LogP contribution in [0.1, 0.15) is 26.7 Å². The Hall–Kier alpha value is -1.28. The zero-order chi connectivity index (χ0) is 18.5. The summed E-state index contributed by atoms with van der Waals surface area (Å²) in [4.78, 5) is 38.2. The quantitative estimate of drug-likeness (QED) is 0.405. The molecule has 0 aliphatic heterocycles. The maximum atomic E-state index is 12.3. The van der Waals surface area contributed by atoms with Crippen LogP contribution in [0.3, 0.4) is 0 Å². The smallest absolute Gasteiger partial charge is 0.302 e. The van der Waals surface area contributed by atoms with Gasteiger partial charge in [-0.2, -0.15) is 11.8 Å². The van der Waals surface area contributed by atoms with Gasteiger partial charge in [0.05, 0.1) is 0 Å². The van der Waals surface area contributed by atoms with E-state index >= 15 is 0 Å². The SMILES string of the molecule is CC(=O)OCCSCCC(C(=O)NCCCN(C)C)N(C)C(C)=O. The lowest BCUT2D eigenvalue weighted by molar-refractivity contribution is -0.140. The van der Waals surface area contributed by atoms with E-state index in [0.29, 0.717) is 31.1 Å². The van der Waals surface area contributed by atoms with Gasteiger partial charge in [-0.1, -0.05) is 0 Å². The first-order valence-electron chi connectivity index (χ1n) is 8.12. The molecule has 8 heteroatoms. The fourth-order valence-electron chi connectivity index (χ4n) is 1.99. The monoisotopic (exact) mass is 361 g/mol. The fraction of sp³-hybridized carbons (Fsp3) is 0.812. The molecule has 0 radical (unpaired) electrons. The number of rotatable bonds is 12. The molecule has 0 aliphatic carbocycles. The van der Waals surface area contributed by atoms with Crippen molar-refractivity contribution in [3.8, 4) is 0 Å². The van der Waals surface area contributed by atoms with Gasteiger partial charge in [0.2, 0.25) is 11.8 Å². The molecule has 0 rings (SSSR count). The molecule has 1 N–H and O–H groups in total. The van der Waals surface area contributed by atoms with E-state index in [-0.39, 0.29) is 17.8 Å². The molecule has 24 heavy (non-hydrogen) atoms. The van der Waals surface area contributed by atoms with Gasteiger partial charge in [0.25, 0.3) is 0 Å². The Balaban J connectivity index is 4.24. The minimum absolute atomic E-state index is 0.118. The molecule has 0 saturated carbocycles. The van der Waals surface area contributed by atoms with Gasteiger partial charge >= 0.3 is 5.97 Å². The Morgan fingerprint density at radius 1 is 1.12 bits per heavy atom. The Bertz CT molecular complexity index is 405. The normalized spacial score (nSPS) is 11.9. The van der Waals surface area contributed by atoms with Crippen LogP contribution in [0.15, 0.2) is 0 Å². The topological polar surface area (TPSA) is 79.0 Å². The summed E-state index contributed by atoms with van der Waals surface area (Å²) in [6, 6.07) is -0.469. The van der Waals surface area contributed by atoms with Gasteiger partial charge in [-0.15, -0.1) is 0 Å². The largest absolute Gasteiger partial charge is 0.465 e. The summed E-state index contributed by atoms with van der Waals surface area (Å²) < 4.78 is 4.86. The number of thioether (sulfide) groups is 1. The van der Waals surface area contributed by atoms with Gasteiger partial charge in [0, 0.05) is 33.2 Å². The third kappa shape index (κ3) is 11.3. The molecule has 7 nitrogen and oxygen atoms in total. The van der Waals surface area contributed by atoms with Crippen molar-refractivity contribution >= 4 is 29.5 Å². The molecule has 1 unspecified atom stereocenters. The summed E-state index contributed by atoms with van der Waals surface area (Å²) in [6.45, 7) is 4.70. The highest BCUT2D eigenvalue weighted by Gasteiger charge is 2.24. The van der Waals surface area contributed by atoms with Gasteiger partial charge in [-0.25, -0.2) is 0 Å². The summed E-state index contributed by atoms with van der Waals surface area (Å²) in [7, 11) is 5.62. The molecular weight excluding hydrogens is 330 g/mol. The van der Waals surface area contributed by atoms with Crippen LogP contribution in [-0.4, -0.2) is 86.0 Å². The lowest BCUT2D eigenvalue weighted by Gasteiger charge is -2.26. The molecule has 0 saturated heterocycles. The van der Waals surface area contributed by atoms with E-state index in [9.17, 15) is 14.4 Å². The lowest BCUT2D eigenvalue weighted by Crippen LogP contribution is -2.47. The highest BCUT2D eigenvalue weighted by Crippen LogP contribution is 2.10. The summed E-state index contributed by atoms with van der Waals surface area (Å²) in [5, 5.41) is 2.90. The minimum Gasteiger partial charge on any atom is -0.465 e. The first kappa shape index (κ1) is 22.7. The van der Waals surface area contributed by atoms with Crippen LogP contribution >= 0.6 is 11.8 Å². The minimum atomic E-state index is -0.469. The fourth-order valence-corrected chi connectivity index (χ4v) is 2.78. The number of hydrogen-bond acceptors (Lipinski definition) is 6. The van der Waals surface area contributed by atoms with Gasteiger partial charge in [-0.05, 0) is 39.2 Å². The first-order valence-corrected chi connectivity index (χ1v) is 9.28. The molecule has 0 heterocycles. The van der Waals surface area contributed by atoms with E-state index in [4.69, 9.17) is 4.74 Å². The average Bonchev–Trinajstić information content (AvgIpc) is 2.49. The van der Waals surface area contributed by atoms with Crippen molar-refractivity contribution in [2.24, 2.45) is 0 Å². The molecule has 0 aliphatic rings. The second-order valence-electron chi connectivity index (χ2n) is 5.83. The van der Waals surface area contributed by atoms with Crippen molar-refractivity contribution in [3.05, 3.63) is 0 Å². The molecule has 0 spiro atoms. The van der Waals surface area contributed by atoms with Crippen LogP contribution in [-0.2, 0) is 19.1 Å². The number of amides is 2. The lowest BCUT2D eigenvalue weighted by atomic mass is 10.2. The van der Waals surface area contributed by atoms with E-state index in [1.54, 1.807) is 18.8 Å². The second kappa shape index (κ2) is 13.1. The van der Waals surface area contributed by atoms with Crippen LogP contribution < -0.4 is 5.32 Å². The molecule has 2 amide bonds. The van der Waals surface area contributed by atoms with E-state index < -0.39 is 6.04 Å². The number of nitrogens with zero attached hydrogens (tertiary/aromatic N) is 2. The maximum absolute atomic E-state index is 12.3. The van der Waals surface area contributed by atoms with Crippen LogP contribution in [0.2, 0.25) is 0 Å². The van der Waals surface area contributed by atoms with E-state index in [0.717, 1.165) is 13.0 Å². The standard InChI is InChI=1S/C16H31N3O4S/c1-13(20)19(5)15(7-11-24-12-10-23-14(2)21)16(22)17-8-6-9-18(3)4/h15H,6-12H2,1-5H3,(H,17,22). The van der Waals surface area contributed by atoms with Crippen LogP contribution in [0.25, 0.3) is 0 Å². The molecule has 0 bridgehead atoms. The van der Waals surface area contributed by atoms with Crippen LogP contribution in [0.5, 0.6) is 0 Å². The van der Waals surface area contributed by atoms with Crippen molar-refractivity contribution in [2.75, 3.05) is 52.3 Å². The molecule has 1 atom stereocenters. The van der Waals surface area contributed by atoms with E-state index in [1.807, 2.05) is 14.1 Å². The van der Waals surface area contributed by atoms with Crippen molar-refractivity contribution < 1.29 is 19.1 Å². The molecule has 0 aromatic carbocycles. The van der Waals surface area contributed by atoms with E-state index in [2.05, 4.69) is 10.2 Å². The number of carbonyl (C=O) groups excluding carboxylic acids is 3. The number of nitrogens with one attached hydrogen (secondary N) is 1. The number of hydrogen-bond donors (Lipinski definition) is 1. The van der Waals surface area contributed by atoms with Gasteiger partial charge < -0.3 is 19.9 Å². The molecular formula is C16H31N3O4S. The summed E-state index contributed by atoms with van der Waals surface area (Å²) in [5.41, 5.74) is 0. The highest BCUT2D eigenvalue weighted by atomic mass is 32.2. The van der Waals surface area contributed by atoms with Gasteiger partial charge in [0.1, 0.15) is 12.6 Å². The van der Waals surface area contributed by atoms with Crippen molar-refractivity contribution in [2.45, 2.75) is 32.7 Å². The van der Waals surface area contributed by atoms with Gasteiger partial charge in [0.15, 0.2) is 0 Å². The predicted molar refractivity (Wildman–Crippen MR) is 97.0 cm³/mol.